The zero-order chi connectivity index (χ0) is 22.0. The Labute approximate surface area is 173 Å². The Morgan fingerprint density at radius 2 is 1.31 bits per heavy atom. The Balaban J connectivity index is 3.89. The van der Waals surface area contributed by atoms with Gasteiger partial charge in [0.1, 0.15) is 12.1 Å². The number of carbonyl (C=O) groups excluding carboxylic acids is 2. The van der Waals surface area contributed by atoms with Gasteiger partial charge >= 0.3 is 12.1 Å². The molecule has 0 heterocycles. The third kappa shape index (κ3) is 18.3. The van der Waals surface area contributed by atoms with E-state index < -0.39 is 17.7 Å². The van der Waals surface area contributed by atoms with E-state index in [1.54, 1.807) is 27.7 Å². The topological polar surface area (TPSA) is 119 Å². The molecular formula is C19H38N2O8. The van der Waals surface area contributed by atoms with Gasteiger partial charge in [0.15, 0.2) is 0 Å². The van der Waals surface area contributed by atoms with E-state index in [4.69, 9.17) is 34.2 Å². The predicted molar refractivity (Wildman–Crippen MR) is 107 cm³/mol. The molecule has 0 saturated heterocycles. The fourth-order valence-corrected chi connectivity index (χ4v) is 1.94. The second-order valence-corrected chi connectivity index (χ2v) is 6.95. The predicted octanol–water partition coefficient (Wildman–Crippen LogP) is 0.812. The number of hydrogen-bond acceptors (Lipinski definition) is 9. The third-order valence-corrected chi connectivity index (χ3v) is 3.16. The second kappa shape index (κ2) is 17.4. The van der Waals surface area contributed by atoms with Crippen molar-refractivity contribution < 1.29 is 38.0 Å². The van der Waals surface area contributed by atoms with E-state index in [1.165, 1.54) is 4.90 Å². The number of nitrogens with two attached hydrogens (primary N) is 1. The first-order chi connectivity index (χ1) is 13.8. The van der Waals surface area contributed by atoms with Gasteiger partial charge in [-0.15, -0.1) is 0 Å². The Kier molecular flexibility index (Phi) is 16.5. The van der Waals surface area contributed by atoms with Crippen molar-refractivity contribution in [3.63, 3.8) is 0 Å². The van der Waals surface area contributed by atoms with Gasteiger partial charge in [0.25, 0.3) is 0 Å². The number of amides is 1. The molecule has 0 aromatic heterocycles. The first-order valence-corrected chi connectivity index (χ1v) is 9.94. The van der Waals surface area contributed by atoms with Crippen molar-refractivity contribution in [1.82, 2.24) is 4.90 Å². The van der Waals surface area contributed by atoms with Crippen LogP contribution in [0.4, 0.5) is 4.79 Å². The summed E-state index contributed by atoms with van der Waals surface area (Å²) in [7, 11) is 0. The molecule has 0 aliphatic carbocycles. The van der Waals surface area contributed by atoms with Crippen LogP contribution in [0.25, 0.3) is 0 Å². The van der Waals surface area contributed by atoms with Crippen molar-refractivity contribution in [1.29, 1.82) is 0 Å². The maximum Gasteiger partial charge on any atom is 0.410 e. The van der Waals surface area contributed by atoms with Crippen LogP contribution in [0, 0.1) is 0 Å². The second-order valence-electron chi connectivity index (χ2n) is 6.95. The summed E-state index contributed by atoms with van der Waals surface area (Å²) in [5.41, 5.74) is 4.65. The smallest absolute Gasteiger partial charge is 0.410 e. The number of hydrogen-bond donors (Lipinski definition) is 1. The molecule has 10 heteroatoms. The van der Waals surface area contributed by atoms with Crippen LogP contribution in [0.15, 0.2) is 0 Å². The monoisotopic (exact) mass is 422 g/mol. The SMILES string of the molecule is CCOC(=O)CN(CCOCCOCCOCCOCCN)C(=O)OC(C)(C)C. The molecule has 2 N–H and O–H groups in total. The van der Waals surface area contributed by atoms with Crippen molar-refractivity contribution in [2.24, 2.45) is 5.73 Å². The van der Waals surface area contributed by atoms with Crippen LogP contribution in [-0.2, 0) is 33.2 Å². The lowest BCUT2D eigenvalue weighted by Crippen LogP contribution is -2.42. The van der Waals surface area contributed by atoms with E-state index in [2.05, 4.69) is 0 Å². The molecule has 0 bridgehead atoms. The van der Waals surface area contributed by atoms with Gasteiger partial charge in [0.2, 0.25) is 0 Å². The van der Waals surface area contributed by atoms with Gasteiger partial charge in [-0.3, -0.25) is 9.69 Å². The van der Waals surface area contributed by atoms with Crippen molar-refractivity contribution in [2.45, 2.75) is 33.3 Å². The molecule has 0 spiro atoms. The molecule has 0 saturated carbocycles. The maximum absolute atomic E-state index is 12.2. The molecule has 172 valence electrons. The van der Waals surface area contributed by atoms with Gasteiger partial charge in [0, 0.05) is 13.1 Å². The van der Waals surface area contributed by atoms with Crippen LogP contribution in [0.3, 0.4) is 0 Å². The van der Waals surface area contributed by atoms with Crippen LogP contribution < -0.4 is 5.73 Å². The molecule has 0 atom stereocenters. The van der Waals surface area contributed by atoms with Gasteiger partial charge in [-0.25, -0.2) is 4.79 Å². The molecule has 0 radical (unpaired) electrons. The molecular weight excluding hydrogens is 384 g/mol. The highest BCUT2D eigenvalue weighted by atomic mass is 16.6. The van der Waals surface area contributed by atoms with Crippen molar-refractivity contribution in [3.05, 3.63) is 0 Å². The van der Waals surface area contributed by atoms with Crippen molar-refractivity contribution in [3.8, 4) is 0 Å². The Bertz CT molecular complexity index is 429. The molecule has 0 unspecified atom stereocenters. The van der Waals surface area contributed by atoms with E-state index >= 15 is 0 Å². The molecule has 10 nitrogen and oxygen atoms in total. The minimum Gasteiger partial charge on any atom is -0.465 e. The van der Waals surface area contributed by atoms with Crippen molar-refractivity contribution in [2.75, 3.05) is 79.1 Å². The molecule has 0 fully saturated rings. The number of carbonyl (C=O) groups is 2. The highest BCUT2D eigenvalue weighted by Gasteiger charge is 2.24. The van der Waals surface area contributed by atoms with Gasteiger partial charge in [-0.1, -0.05) is 0 Å². The summed E-state index contributed by atoms with van der Waals surface area (Å²) >= 11 is 0. The molecule has 0 aromatic rings. The number of ether oxygens (including phenoxy) is 6. The molecule has 0 aliphatic heterocycles. The van der Waals surface area contributed by atoms with Crippen molar-refractivity contribution >= 4 is 12.1 Å². The standard InChI is InChI=1S/C19H38N2O8/c1-5-28-17(22)16-21(18(23)29-19(2,3)4)7-9-25-11-13-27-15-14-26-12-10-24-8-6-20/h5-16,20H2,1-4H3. The van der Waals surface area contributed by atoms with E-state index in [9.17, 15) is 9.59 Å². The van der Waals surface area contributed by atoms with Crippen LogP contribution in [-0.4, -0.2) is 102 Å². The zero-order valence-corrected chi connectivity index (χ0v) is 18.3. The summed E-state index contributed by atoms with van der Waals surface area (Å²) in [4.78, 5) is 25.2. The summed E-state index contributed by atoms with van der Waals surface area (Å²) in [5.74, 6) is -0.491. The van der Waals surface area contributed by atoms with Crippen LogP contribution in [0.2, 0.25) is 0 Å². The third-order valence-electron chi connectivity index (χ3n) is 3.16. The summed E-state index contributed by atoms with van der Waals surface area (Å²) < 4.78 is 31.6. The van der Waals surface area contributed by atoms with E-state index in [0.717, 1.165) is 0 Å². The number of nitrogens with zero attached hydrogens (tertiary/aromatic N) is 1. The average Bonchev–Trinajstić information content (AvgIpc) is 2.63. The molecule has 0 aliphatic rings. The van der Waals surface area contributed by atoms with Gasteiger partial charge in [-0.2, -0.15) is 0 Å². The highest BCUT2D eigenvalue weighted by Crippen LogP contribution is 2.10. The van der Waals surface area contributed by atoms with Gasteiger partial charge in [0.05, 0.1) is 59.5 Å². The lowest BCUT2D eigenvalue weighted by Gasteiger charge is -2.26. The quantitative estimate of drug-likeness (QED) is 0.268. The fourth-order valence-electron chi connectivity index (χ4n) is 1.94. The van der Waals surface area contributed by atoms with Crippen LogP contribution in [0.5, 0.6) is 0 Å². The summed E-state index contributed by atoms with van der Waals surface area (Å²) in [6, 6.07) is 0. The fraction of sp³-hybridized carbons (Fsp3) is 0.895. The van der Waals surface area contributed by atoms with Crippen LogP contribution in [0.1, 0.15) is 27.7 Å². The molecule has 1 amide bonds. The van der Waals surface area contributed by atoms with E-state index in [1.807, 2.05) is 0 Å². The first kappa shape index (κ1) is 27.5. The summed E-state index contributed by atoms with van der Waals surface area (Å²) in [6.07, 6.45) is -0.585. The minimum atomic E-state index is -0.655. The molecule has 0 rings (SSSR count). The van der Waals surface area contributed by atoms with Gasteiger partial charge < -0.3 is 34.2 Å². The Hall–Kier alpha value is -1.46. The van der Waals surface area contributed by atoms with E-state index in [-0.39, 0.29) is 26.3 Å². The normalized spacial score (nSPS) is 11.3. The largest absolute Gasteiger partial charge is 0.465 e. The molecule has 29 heavy (non-hydrogen) atoms. The van der Waals surface area contributed by atoms with Gasteiger partial charge in [-0.05, 0) is 27.7 Å². The number of rotatable bonds is 17. The lowest BCUT2D eigenvalue weighted by atomic mass is 10.2. The lowest BCUT2D eigenvalue weighted by molar-refractivity contribution is -0.144. The highest BCUT2D eigenvalue weighted by molar-refractivity contribution is 5.78. The maximum atomic E-state index is 12.2. The minimum absolute atomic E-state index is 0.186. The molecule has 0 aromatic carbocycles. The average molecular weight is 423 g/mol. The Morgan fingerprint density at radius 1 is 0.828 bits per heavy atom. The van der Waals surface area contributed by atoms with E-state index in [0.29, 0.717) is 52.8 Å². The Morgan fingerprint density at radius 3 is 1.76 bits per heavy atom. The first-order valence-electron chi connectivity index (χ1n) is 9.94. The summed E-state index contributed by atoms with van der Waals surface area (Å²) in [5, 5.41) is 0. The van der Waals surface area contributed by atoms with Crippen LogP contribution >= 0.6 is 0 Å². The number of esters is 1. The zero-order valence-electron chi connectivity index (χ0n) is 18.3. The summed E-state index contributed by atoms with van der Waals surface area (Å²) in [6.45, 7) is 11.2.